The van der Waals surface area contributed by atoms with Gasteiger partial charge in [0.1, 0.15) is 5.69 Å². The first-order valence-corrected chi connectivity index (χ1v) is 9.01. The predicted molar refractivity (Wildman–Crippen MR) is 85.1 cm³/mol. The molecule has 0 radical (unpaired) electrons. The molecule has 2 amide bonds. The Balaban J connectivity index is 1.99. The van der Waals surface area contributed by atoms with Crippen molar-refractivity contribution in [2.24, 2.45) is 0 Å². The highest BCUT2D eigenvalue weighted by Gasteiger charge is 2.57. The Morgan fingerprint density at radius 3 is 2.39 bits per heavy atom. The zero-order chi connectivity index (χ0) is 21.2. The Kier molecular flexibility index (Phi) is 5.91. The average molecular weight is 430 g/mol. The number of halogens is 6. The minimum atomic E-state index is -5.92. The zero-order valence-corrected chi connectivity index (χ0v) is 14.5. The zero-order valence-electron chi connectivity index (χ0n) is 13.7. The average Bonchev–Trinajstić information content (AvgIpc) is 3.06. The minimum absolute atomic E-state index is 0.0259. The molecule has 2 N–H and O–H groups in total. The predicted octanol–water partition coefficient (Wildman–Crippen LogP) is 3.05. The number of nitrogens with one attached hydrogen (secondary N) is 2. The van der Waals surface area contributed by atoms with Gasteiger partial charge in [0.15, 0.2) is 5.82 Å². The van der Waals surface area contributed by atoms with Crippen molar-refractivity contribution in [3.05, 3.63) is 42.5 Å². The third kappa shape index (κ3) is 5.37. The monoisotopic (exact) mass is 430 g/mol. The quantitative estimate of drug-likeness (QED) is 0.689. The Bertz CT molecular complexity index is 944. The molecule has 0 atom stereocenters. The smallest absolute Gasteiger partial charge is 0.307 e. The maximum Gasteiger partial charge on any atom is 0.453 e. The van der Waals surface area contributed by atoms with Crippen LogP contribution in [0.4, 0.5) is 36.8 Å². The summed E-state index contributed by atoms with van der Waals surface area (Å²) in [5, 5.41) is 5.73. The van der Waals surface area contributed by atoms with Crippen molar-refractivity contribution in [3.63, 3.8) is 0 Å². The van der Waals surface area contributed by atoms with Crippen molar-refractivity contribution in [1.82, 2.24) is 14.5 Å². The molecule has 0 aliphatic carbocycles. The van der Waals surface area contributed by atoms with Crippen LogP contribution in [0.1, 0.15) is 6.42 Å². The fourth-order valence-electron chi connectivity index (χ4n) is 1.93. The van der Waals surface area contributed by atoms with E-state index < -0.39 is 46.1 Å². The van der Waals surface area contributed by atoms with Crippen LogP contribution in [-0.4, -0.2) is 42.1 Å². The van der Waals surface area contributed by atoms with Gasteiger partial charge in [-0.1, -0.05) is 0 Å². The summed E-state index contributed by atoms with van der Waals surface area (Å²) in [6.07, 6.45) is -5.14. The Hall–Kier alpha value is -2.77. The summed E-state index contributed by atoms with van der Waals surface area (Å²) in [6, 6.07) is 3.33. The molecule has 2 rings (SSSR count). The highest BCUT2D eigenvalue weighted by molar-refractivity contribution is 7.90. The van der Waals surface area contributed by atoms with Crippen molar-refractivity contribution in [1.29, 1.82) is 0 Å². The highest BCUT2D eigenvalue weighted by atomic mass is 32.2. The van der Waals surface area contributed by atoms with Crippen LogP contribution in [0, 0.1) is 5.82 Å². The molecule has 1 aromatic carbocycles. The highest BCUT2D eigenvalue weighted by Crippen LogP contribution is 2.38. The fourth-order valence-corrected chi connectivity index (χ4v) is 2.90. The van der Waals surface area contributed by atoms with Gasteiger partial charge in [-0.2, -0.15) is 27.1 Å². The number of sulfonamides is 1. The number of aromatic nitrogens is 2. The van der Waals surface area contributed by atoms with E-state index in [2.05, 4.69) is 5.10 Å². The third-order valence-corrected chi connectivity index (χ3v) is 4.54. The van der Waals surface area contributed by atoms with Crippen molar-refractivity contribution in [3.8, 4) is 5.69 Å². The topological polar surface area (TPSA) is 93.1 Å². The molecule has 0 aliphatic heterocycles. The lowest BCUT2D eigenvalue weighted by molar-refractivity contribution is -0.282. The number of hydrogen-bond donors (Lipinski definition) is 2. The van der Waals surface area contributed by atoms with Crippen LogP contribution in [0.2, 0.25) is 0 Å². The fraction of sp³-hybridized carbons (Fsp3) is 0.286. The normalized spacial score (nSPS) is 12.6. The van der Waals surface area contributed by atoms with Crippen LogP contribution in [0.15, 0.2) is 36.7 Å². The van der Waals surface area contributed by atoms with E-state index in [0.29, 0.717) is 0 Å². The molecule has 0 saturated heterocycles. The Labute approximate surface area is 154 Å². The first-order valence-electron chi connectivity index (χ1n) is 7.36. The lowest BCUT2D eigenvalue weighted by Gasteiger charge is -2.19. The van der Waals surface area contributed by atoms with Crippen LogP contribution in [0.5, 0.6) is 0 Å². The van der Waals surface area contributed by atoms with Crippen LogP contribution >= 0.6 is 0 Å². The van der Waals surface area contributed by atoms with Crippen molar-refractivity contribution >= 4 is 21.7 Å². The number of hydrogen-bond acceptors (Lipinski definition) is 4. The first kappa shape index (κ1) is 21.5. The summed E-state index contributed by atoms with van der Waals surface area (Å²) in [5.41, 5.74) is -0.167. The van der Waals surface area contributed by atoms with Crippen LogP contribution in [0.25, 0.3) is 5.69 Å². The summed E-state index contributed by atoms with van der Waals surface area (Å²) >= 11 is 0. The molecule has 14 heteroatoms. The second-order valence-corrected chi connectivity index (χ2v) is 7.29. The van der Waals surface area contributed by atoms with Gasteiger partial charge in [-0.15, -0.1) is 0 Å². The van der Waals surface area contributed by atoms with Gasteiger partial charge in [0, 0.05) is 24.5 Å². The molecule has 154 valence electrons. The summed E-state index contributed by atoms with van der Waals surface area (Å²) in [4.78, 5) is 11.6. The number of carbonyl (C=O) groups is 1. The summed E-state index contributed by atoms with van der Waals surface area (Å²) in [7, 11) is -4.80. The number of alkyl halides is 5. The lowest BCUT2D eigenvalue weighted by Crippen LogP contribution is -2.41. The van der Waals surface area contributed by atoms with E-state index in [1.54, 1.807) is 0 Å². The molecule has 7 nitrogen and oxygen atoms in total. The molecule has 0 saturated carbocycles. The molecule has 0 unspecified atom stereocenters. The first-order chi connectivity index (χ1) is 12.8. The van der Waals surface area contributed by atoms with Crippen molar-refractivity contribution < 1.29 is 39.6 Å². The van der Waals surface area contributed by atoms with E-state index in [9.17, 15) is 39.6 Å². The molecule has 0 bridgehead atoms. The summed E-state index contributed by atoms with van der Waals surface area (Å²) < 4.78 is 101. The maximum atomic E-state index is 14.0. The molecule has 0 fully saturated rings. The lowest BCUT2D eigenvalue weighted by atomic mass is 10.2. The Morgan fingerprint density at radius 2 is 1.86 bits per heavy atom. The number of nitrogens with zero attached hydrogens (tertiary/aromatic N) is 2. The van der Waals surface area contributed by atoms with Gasteiger partial charge in [0.25, 0.3) is 0 Å². The van der Waals surface area contributed by atoms with Crippen LogP contribution in [0.3, 0.4) is 0 Å². The largest absolute Gasteiger partial charge is 0.453 e. The molecule has 28 heavy (non-hydrogen) atoms. The number of amides is 2. The van der Waals surface area contributed by atoms with Gasteiger partial charge in [-0.25, -0.2) is 27.0 Å². The third-order valence-electron chi connectivity index (χ3n) is 3.30. The number of urea groups is 1. The molecule has 2 aromatic rings. The number of rotatable bonds is 6. The molecule has 1 aromatic heterocycles. The Morgan fingerprint density at radius 1 is 1.18 bits per heavy atom. The minimum Gasteiger partial charge on any atom is -0.307 e. The van der Waals surface area contributed by atoms with E-state index in [1.165, 1.54) is 40.0 Å². The maximum absolute atomic E-state index is 14.0. The van der Waals surface area contributed by atoms with Crippen LogP contribution in [-0.2, 0) is 10.0 Å². The van der Waals surface area contributed by atoms with Crippen molar-refractivity contribution in [2.45, 2.75) is 18.5 Å². The van der Waals surface area contributed by atoms with E-state index in [1.807, 2.05) is 5.32 Å². The molecular formula is C14H12F6N4O3S. The van der Waals surface area contributed by atoms with Crippen molar-refractivity contribution in [2.75, 3.05) is 11.1 Å². The van der Waals surface area contributed by atoms with Gasteiger partial charge < -0.3 is 5.32 Å². The van der Waals surface area contributed by atoms with Gasteiger partial charge in [0.05, 0.1) is 5.75 Å². The number of benzene rings is 1. The van der Waals surface area contributed by atoms with E-state index in [0.717, 1.165) is 6.07 Å². The van der Waals surface area contributed by atoms with Gasteiger partial charge in [0.2, 0.25) is 10.0 Å². The standard InChI is InChI=1S/C14H12F6N4O3S/c15-10-8-9(2-3-11(10)24-6-1-5-21-24)22-12(25)23-28(26,27)7-4-13(16,17)14(18,19)20/h1-3,5-6,8H,4,7H2,(H2,22,23,25). The molecule has 0 aliphatic rings. The molecular weight excluding hydrogens is 418 g/mol. The van der Waals surface area contributed by atoms with Crippen LogP contribution < -0.4 is 10.0 Å². The summed E-state index contributed by atoms with van der Waals surface area (Å²) in [6.45, 7) is 0. The second-order valence-electron chi connectivity index (χ2n) is 5.44. The second kappa shape index (κ2) is 7.69. The number of carbonyl (C=O) groups excluding carboxylic acids is 1. The molecule has 0 spiro atoms. The summed E-state index contributed by atoms with van der Waals surface area (Å²) in [5.74, 6) is -7.71. The van der Waals surface area contributed by atoms with E-state index in [-0.39, 0.29) is 11.4 Å². The van der Waals surface area contributed by atoms with E-state index in [4.69, 9.17) is 0 Å². The number of anilines is 1. The molecule has 1 heterocycles. The van der Waals surface area contributed by atoms with Gasteiger partial charge in [-0.05, 0) is 24.3 Å². The SMILES string of the molecule is O=C(Nc1ccc(-n2cccn2)c(F)c1)NS(=O)(=O)CCC(F)(F)C(F)(F)F. The van der Waals surface area contributed by atoms with E-state index >= 15 is 0 Å². The van der Waals surface area contributed by atoms with Gasteiger partial charge in [-0.3, -0.25) is 0 Å². The van der Waals surface area contributed by atoms with Gasteiger partial charge >= 0.3 is 18.1 Å².